The highest BCUT2D eigenvalue weighted by Crippen LogP contribution is 2.39. The molecule has 0 fully saturated rings. The van der Waals surface area contributed by atoms with Crippen LogP contribution < -0.4 is 10.6 Å². The molecule has 334 valence electrons. The molecule has 2 aromatic carbocycles. The van der Waals surface area contributed by atoms with Gasteiger partial charge in [-0.05, 0) is 136 Å². The van der Waals surface area contributed by atoms with Crippen molar-refractivity contribution in [3.63, 3.8) is 0 Å². The van der Waals surface area contributed by atoms with Gasteiger partial charge >= 0.3 is 0 Å². The van der Waals surface area contributed by atoms with Crippen molar-refractivity contribution >= 4 is 182 Å². The summed E-state index contributed by atoms with van der Waals surface area (Å²) in [6, 6.07) is 0. The lowest BCUT2D eigenvalue weighted by Crippen LogP contribution is -2.44. The van der Waals surface area contributed by atoms with E-state index in [4.69, 9.17) is 0 Å². The SMILES string of the molecule is CN(CC(O)CO)C(=O)c1c(I)c(NC(=O)CO)c(I)c(C(=O)N(CCO)CCN(CCO)C(=O)c2c(I)c(NC(=O)CO)c(I)c(C(=O)N(C)CC(O)CO)c2I)c1I. The van der Waals surface area contributed by atoms with Crippen molar-refractivity contribution in [2.45, 2.75) is 12.2 Å². The molecule has 2 unspecified atom stereocenters. The molecule has 6 amide bonds. The number of hydrogen-bond donors (Lipinski definition) is 10. The molecule has 0 aliphatic rings. The van der Waals surface area contributed by atoms with E-state index in [9.17, 15) is 69.6 Å². The van der Waals surface area contributed by atoms with Gasteiger partial charge in [0.2, 0.25) is 11.8 Å². The van der Waals surface area contributed by atoms with Crippen molar-refractivity contribution in [1.82, 2.24) is 19.6 Å². The molecule has 0 saturated carbocycles. The molecule has 0 aliphatic heterocycles. The molecule has 2 rings (SSSR count). The number of anilines is 2. The van der Waals surface area contributed by atoms with E-state index in [1.807, 2.05) is 45.2 Å². The second-order valence-electron chi connectivity index (χ2n) is 12.6. The largest absolute Gasteiger partial charge is 0.395 e. The van der Waals surface area contributed by atoms with Crippen LogP contribution in [-0.4, -0.2) is 201 Å². The van der Waals surface area contributed by atoms with Crippen LogP contribution in [0.5, 0.6) is 0 Å². The fraction of sp³-hybridized carbons (Fsp3) is 0.471. The maximum absolute atomic E-state index is 14.5. The topological polar surface area (TPSA) is 301 Å². The number of aliphatic hydroxyl groups is 8. The Morgan fingerprint density at radius 2 is 0.767 bits per heavy atom. The van der Waals surface area contributed by atoms with Gasteiger partial charge in [0, 0.05) is 60.5 Å². The second kappa shape index (κ2) is 26.3. The van der Waals surface area contributed by atoms with Gasteiger partial charge in [-0.2, -0.15) is 0 Å². The maximum Gasteiger partial charge on any atom is 0.256 e. The van der Waals surface area contributed by atoms with Crippen LogP contribution in [0.25, 0.3) is 0 Å². The Morgan fingerprint density at radius 3 is 1.02 bits per heavy atom. The zero-order chi connectivity index (χ0) is 45.8. The van der Waals surface area contributed by atoms with Gasteiger partial charge in [-0.25, -0.2) is 0 Å². The molecule has 0 aromatic heterocycles. The molecular formula is C34H42I6N6O14. The van der Waals surface area contributed by atoms with Crippen molar-refractivity contribution in [3.8, 4) is 0 Å². The van der Waals surface area contributed by atoms with Crippen LogP contribution in [0.1, 0.15) is 41.4 Å². The van der Waals surface area contributed by atoms with E-state index in [-0.39, 0.29) is 94.3 Å². The average molecular weight is 1520 g/mol. The van der Waals surface area contributed by atoms with E-state index in [0.717, 1.165) is 9.80 Å². The standard InChI is InChI=1S/C34H42I6N6O14/c1-43(9-15(53)11-49)31(57)19-23(35)21(27(39)29(25(19)37)41-17(55)13-51)33(59)45(5-7-47)3-4-46(6-8-48)34(60)22-24(36)20(32(58)44(2)10-16(54)12-50)26(38)30(28(22)40)42-18(56)14-52/h15-16,47-54H,3-14H2,1-2H3,(H,41,55)(H,42,56). The molecule has 20 nitrogen and oxygen atoms in total. The van der Waals surface area contributed by atoms with Crippen molar-refractivity contribution in [2.75, 3.05) is 104 Å². The third kappa shape index (κ3) is 13.9. The number of carbonyl (C=O) groups is 6. The van der Waals surface area contributed by atoms with Crippen LogP contribution in [-0.2, 0) is 9.59 Å². The molecule has 0 heterocycles. The molecule has 2 aromatic rings. The molecular weight excluding hydrogens is 1480 g/mol. The lowest BCUT2D eigenvalue weighted by atomic mass is 10.1. The monoisotopic (exact) mass is 1520 g/mol. The first kappa shape index (κ1) is 55.5. The summed E-state index contributed by atoms with van der Waals surface area (Å²) in [4.78, 5) is 86.1. The van der Waals surface area contributed by atoms with Crippen LogP contribution in [0.15, 0.2) is 0 Å². The Labute approximate surface area is 426 Å². The Balaban J connectivity index is 2.77. The summed E-state index contributed by atoms with van der Waals surface area (Å²) in [6.07, 6.45) is -2.57. The van der Waals surface area contributed by atoms with Crippen LogP contribution in [0, 0.1) is 21.4 Å². The number of rotatable bonds is 21. The molecule has 0 saturated heterocycles. The Hall–Kier alpha value is -0.680. The van der Waals surface area contributed by atoms with Crippen molar-refractivity contribution in [2.24, 2.45) is 0 Å². The van der Waals surface area contributed by atoms with Gasteiger partial charge in [0.05, 0.1) is 86.5 Å². The first-order valence-corrected chi connectivity index (χ1v) is 23.8. The predicted octanol–water partition coefficient (Wildman–Crippen LogP) is -0.405. The maximum atomic E-state index is 14.5. The third-order valence-electron chi connectivity index (χ3n) is 8.34. The molecule has 0 spiro atoms. The van der Waals surface area contributed by atoms with Crippen molar-refractivity contribution < 1.29 is 69.6 Å². The van der Waals surface area contributed by atoms with Crippen molar-refractivity contribution in [3.05, 3.63) is 43.7 Å². The lowest BCUT2D eigenvalue weighted by molar-refractivity contribution is -0.119. The van der Waals surface area contributed by atoms with E-state index >= 15 is 0 Å². The number of likely N-dealkylation sites (N-methyl/N-ethyl adjacent to an activating group) is 2. The number of benzene rings is 2. The summed E-state index contributed by atoms with van der Waals surface area (Å²) in [5.74, 6) is -4.55. The quantitative estimate of drug-likeness (QED) is 0.0712. The van der Waals surface area contributed by atoms with Crippen LogP contribution in [0.3, 0.4) is 0 Å². The number of hydrogen-bond acceptors (Lipinski definition) is 14. The average Bonchev–Trinajstić information content (AvgIpc) is 3.21. The van der Waals surface area contributed by atoms with Crippen molar-refractivity contribution in [1.29, 1.82) is 0 Å². The normalized spacial score (nSPS) is 12.1. The summed E-state index contributed by atoms with van der Waals surface area (Å²) < 4.78 is 1.00. The fourth-order valence-electron chi connectivity index (χ4n) is 5.38. The Morgan fingerprint density at radius 1 is 0.483 bits per heavy atom. The Bertz CT molecular complexity index is 1810. The van der Waals surface area contributed by atoms with Crippen LogP contribution in [0.2, 0.25) is 0 Å². The minimum absolute atomic E-state index is 0.0216. The number of nitrogens with one attached hydrogen (secondary N) is 2. The van der Waals surface area contributed by atoms with E-state index in [0.29, 0.717) is 0 Å². The van der Waals surface area contributed by atoms with Gasteiger partial charge in [-0.3, -0.25) is 28.8 Å². The number of nitrogens with zero attached hydrogens (tertiary/aromatic N) is 4. The predicted molar refractivity (Wildman–Crippen MR) is 267 cm³/mol. The van der Waals surface area contributed by atoms with Gasteiger partial charge in [0.25, 0.3) is 23.6 Å². The van der Waals surface area contributed by atoms with Gasteiger partial charge < -0.3 is 71.1 Å². The first-order chi connectivity index (χ1) is 28.2. The fourth-order valence-corrected chi connectivity index (χ4v) is 14.1. The zero-order valence-corrected chi connectivity index (χ0v) is 44.7. The van der Waals surface area contributed by atoms with Gasteiger partial charge in [0.1, 0.15) is 13.2 Å². The summed E-state index contributed by atoms with van der Waals surface area (Å²) in [5.41, 5.74) is -0.210. The Kier molecular flexibility index (Phi) is 24.3. The molecule has 2 atom stereocenters. The van der Waals surface area contributed by atoms with Gasteiger partial charge in [-0.15, -0.1) is 0 Å². The molecule has 60 heavy (non-hydrogen) atoms. The third-order valence-corrected chi connectivity index (χ3v) is 14.8. The van der Waals surface area contributed by atoms with Crippen LogP contribution >= 0.6 is 136 Å². The molecule has 26 heteroatoms. The number of amides is 6. The van der Waals surface area contributed by atoms with E-state index in [2.05, 4.69) is 10.6 Å². The van der Waals surface area contributed by atoms with Crippen LogP contribution in [0.4, 0.5) is 11.4 Å². The highest BCUT2D eigenvalue weighted by molar-refractivity contribution is 14.1. The zero-order valence-electron chi connectivity index (χ0n) is 31.7. The number of halogens is 6. The molecule has 0 aliphatic carbocycles. The lowest BCUT2D eigenvalue weighted by Gasteiger charge is -2.30. The first-order valence-electron chi connectivity index (χ1n) is 17.3. The number of carbonyl (C=O) groups excluding carboxylic acids is 6. The van der Waals surface area contributed by atoms with E-state index < -0.39 is 87.3 Å². The second-order valence-corrected chi connectivity index (χ2v) is 19.1. The molecule has 0 bridgehead atoms. The summed E-state index contributed by atoms with van der Waals surface area (Å²) >= 11 is 10.8. The summed E-state index contributed by atoms with van der Waals surface area (Å²) in [5, 5.41) is 83.0. The minimum Gasteiger partial charge on any atom is -0.395 e. The number of aliphatic hydroxyl groups excluding tert-OH is 8. The molecule has 10 N–H and O–H groups in total. The highest BCUT2D eigenvalue weighted by atomic mass is 127. The summed E-state index contributed by atoms with van der Waals surface area (Å²) in [6.45, 7) is -5.92. The van der Waals surface area contributed by atoms with Gasteiger partial charge in [-0.1, -0.05) is 0 Å². The molecule has 0 radical (unpaired) electrons. The van der Waals surface area contributed by atoms with Gasteiger partial charge in [0.15, 0.2) is 0 Å². The van der Waals surface area contributed by atoms with E-state index in [1.165, 1.54) is 23.9 Å². The smallest absolute Gasteiger partial charge is 0.256 e. The van der Waals surface area contributed by atoms with E-state index in [1.54, 1.807) is 90.4 Å². The highest BCUT2D eigenvalue weighted by Gasteiger charge is 2.35. The summed E-state index contributed by atoms with van der Waals surface area (Å²) in [7, 11) is 2.73. The minimum atomic E-state index is -1.28.